The lowest BCUT2D eigenvalue weighted by atomic mass is 10.1. The number of benzene rings is 1. The van der Waals surface area contributed by atoms with Crippen molar-refractivity contribution in [2.45, 2.75) is 12.3 Å². The first-order valence-electron chi connectivity index (χ1n) is 5.66. The van der Waals surface area contributed by atoms with E-state index in [-0.39, 0.29) is 11.6 Å². The van der Waals surface area contributed by atoms with E-state index >= 15 is 0 Å². The highest BCUT2D eigenvalue weighted by Crippen LogP contribution is 2.13. The predicted molar refractivity (Wildman–Crippen MR) is 72.6 cm³/mol. The number of sulfonamides is 1. The van der Waals surface area contributed by atoms with Gasteiger partial charge in [0, 0.05) is 12.7 Å². The van der Waals surface area contributed by atoms with Crippen molar-refractivity contribution in [2.24, 2.45) is 5.73 Å². The fourth-order valence-electron chi connectivity index (χ4n) is 1.65. The Balaban J connectivity index is 2.18. The summed E-state index contributed by atoms with van der Waals surface area (Å²) < 4.78 is 26.4. The molecule has 0 unspecified atom stereocenters. The number of rotatable bonds is 5. The van der Waals surface area contributed by atoms with Gasteiger partial charge in [-0.15, -0.1) is 5.10 Å². The van der Waals surface area contributed by atoms with Crippen LogP contribution < -0.4 is 10.5 Å². The van der Waals surface area contributed by atoms with Gasteiger partial charge < -0.3 is 5.73 Å². The van der Waals surface area contributed by atoms with Gasteiger partial charge in [0.25, 0.3) is 0 Å². The molecule has 0 spiro atoms. The third kappa shape index (κ3) is 3.73. The summed E-state index contributed by atoms with van der Waals surface area (Å²) >= 11 is 0. The van der Waals surface area contributed by atoms with Gasteiger partial charge in [-0.05, 0) is 23.3 Å². The predicted octanol–water partition coefficient (Wildman–Crippen LogP) is 0.877. The summed E-state index contributed by atoms with van der Waals surface area (Å²) in [5.41, 5.74) is 7.08. The van der Waals surface area contributed by atoms with Gasteiger partial charge in [-0.1, -0.05) is 24.3 Å². The molecule has 0 fully saturated rings. The van der Waals surface area contributed by atoms with Gasteiger partial charge >= 0.3 is 0 Å². The molecule has 1 aromatic carbocycles. The molecule has 0 aliphatic rings. The molecule has 1 aromatic heterocycles. The van der Waals surface area contributed by atoms with Crippen LogP contribution in [0.15, 0.2) is 42.6 Å². The van der Waals surface area contributed by atoms with Crippen LogP contribution in [0, 0.1) is 0 Å². The summed E-state index contributed by atoms with van der Waals surface area (Å²) in [5.74, 6) is 0.0597. The Labute approximate surface area is 111 Å². The minimum Gasteiger partial charge on any atom is -0.326 e. The maximum absolute atomic E-state index is 12.0. The highest BCUT2D eigenvalue weighted by atomic mass is 32.2. The zero-order valence-electron chi connectivity index (χ0n) is 10.2. The molecule has 2 aromatic rings. The summed E-state index contributed by atoms with van der Waals surface area (Å²) in [6.07, 6.45) is 1.47. The van der Waals surface area contributed by atoms with E-state index in [1.807, 2.05) is 12.1 Å². The summed E-state index contributed by atoms with van der Waals surface area (Å²) in [6, 6.07) is 10.3. The molecule has 0 amide bonds. The fourth-order valence-corrected chi connectivity index (χ4v) is 2.84. The number of hydrogen-bond acceptors (Lipinski definition) is 5. The topological polar surface area (TPSA) is 98.0 Å². The maximum Gasteiger partial charge on any atom is 0.238 e. The zero-order valence-corrected chi connectivity index (χ0v) is 11.0. The third-order valence-corrected chi connectivity index (χ3v) is 3.73. The quantitative estimate of drug-likeness (QED) is 0.846. The average molecular weight is 278 g/mol. The lowest BCUT2D eigenvalue weighted by molar-refractivity contribution is 0.600. The smallest absolute Gasteiger partial charge is 0.238 e. The second-order valence-corrected chi connectivity index (χ2v) is 5.67. The minimum atomic E-state index is -3.53. The first-order chi connectivity index (χ1) is 9.11. The van der Waals surface area contributed by atoms with E-state index in [1.165, 1.54) is 6.20 Å². The number of hydrogen-bond donors (Lipinski definition) is 2. The van der Waals surface area contributed by atoms with E-state index in [4.69, 9.17) is 5.73 Å². The van der Waals surface area contributed by atoms with Gasteiger partial charge in [-0.2, -0.15) is 5.10 Å². The zero-order chi connectivity index (χ0) is 13.7. The Morgan fingerprint density at radius 1 is 1.11 bits per heavy atom. The van der Waals surface area contributed by atoms with Crippen molar-refractivity contribution in [1.29, 1.82) is 0 Å². The second kappa shape index (κ2) is 5.77. The van der Waals surface area contributed by atoms with E-state index in [9.17, 15) is 8.42 Å². The first kappa shape index (κ1) is 13.4. The van der Waals surface area contributed by atoms with Gasteiger partial charge in [0.15, 0.2) is 5.82 Å². The Morgan fingerprint density at radius 3 is 2.47 bits per heavy atom. The number of aromatic nitrogens is 2. The van der Waals surface area contributed by atoms with Crippen LogP contribution >= 0.6 is 0 Å². The van der Waals surface area contributed by atoms with Crippen LogP contribution in [0.2, 0.25) is 0 Å². The van der Waals surface area contributed by atoms with Crippen LogP contribution in [-0.2, 0) is 22.3 Å². The van der Waals surface area contributed by atoms with E-state index in [1.54, 1.807) is 24.3 Å². The molecule has 1 heterocycles. The summed E-state index contributed by atoms with van der Waals surface area (Å²) in [6.45, 7) is 0.302. The molecule has 0 radical (unpaired) electrons. The normalized spacial score (nSPS) is 11.2. The monoisotopic (exact) mass is 278 g/mol. The van der Waals surface area contributed by atoms with Crippen LogP contribution in [0.3, 0.4) is 0 Å². The number of nitrogens with one attached hydrogen (secondary N) is 1. The summed E-state index contributed by atoms with van der Waals surface area (Å²) in [5, 5.41) is 7.30. The van der Waals surface area contributed by atoms with Gasteiger partial charge in [-0.25, -0.2) is 8.42 Å². The van der Waals surface area contributed by atoms with Crippen molar-refractivity contribution in [1.82, 2.24) is 10.2 Å². The summed E-state index contributed by atoms with van der Waals surface area (Å²) in [7, 11) is -3.53. The second-order valence-electron chi connectivity index (χ2n) is 3.94. The largest absolute Gasteiger partial charge is 0.326 e. The molecule has 0 atom stereocenters. The van der Waals surface area contributed by atoms with Gasteiger partial charge in [0.1, 0.15) is 0 Å². The molecular formula is C12H14N4O2S. The molecule has 3 N–H and O–H groups in total. The molecule has 0 saturated heterocycles. The van der Waals surface area contributed by atoms with Crippen molar-refractivity contribution < 1.29 is 8.42 Å². The Morgan fingerprint density at radius 2 is 1.84 bits per heavy atom. The number of anilines is 1. The van der Waals surface area contributed by atoms with Crippen molar-refractivity contribution >= 4 is 15.8 Å². The summed E-state index contributed by atoms with van der Waals surface area (Å²) in [4.78, 5) is 0. The molecule has 2 rings (SSSR count). The van der Waals surface area contributed by atoms with Gasteiger partial charge in [-0.3, -0.25) is 4.72 Å². The molecule has 7 heteroatoms. The maximum atomic E-state index is 12.0. The lowest BCUT2D eigenvalue weighted by Crippen LogP contribution is -2.17. The van der Waals surface area contributed by atoms with Crippen LogP contribution in [0.25, 0.3) is 0 Å². The van der Waals surface area contributed by atoms with Crippen molar-refractivity contribution in [2.75, 3.05) is 4.72 Å². The lowest BCUT2D eigenvalue weighted by Gasteiger charge is -2.09. The van der Waals surface area contributed by atoms with Crippen molar-refractivity contribution in [3.63, 3.8) is 0 Å². The highest BCUT2D eigenvalue weighted by molar-refractivity contribution is 7.91. The Kier molecular flexibility index (Phi) is 4.08. The van der Waals surface area contributed by atoms with Gasteiger partial charge in [0.2, 0.25) is 10.0 Å². The molecule has 0 bridgehead atoms. The van der Waals surface area contributed by atoms with E-state index in [0.29, 0.717) is 12.1 Å². The van der Waals surface area contributed by atoms with E-state index < -0.39 is 10.0 Å². The van der Waals surface area contributed by atoms with Crippen molar-refractivity contribution in [3.8, 4) is 0 Å². The van der Waals surface area contributed by atoms with Gasteiger partial charge in [0.05, 0.1) is 5.75 Å². The number of nitrogens with zero attached hydrogens (tertiary/aromatic N) is 2. The fraction of sp³-hybridized carbons (Fsp3) is 0.167. The molecule has 19 heavy (non-hydrogen) atoms. The Bertz CT molecular complexity index is 644. The molecule has 0 aliphatic carbocycles. The minimum absolute atomic E-state index is 0.142. The standard InChI is InChI=1S/C12H14N4O2S/c13-8-10-4-1-2-5-11(10)9-19(17,18)16-12-6-3-7-14-15-12/h1-7H,8-9,13H2,(H,15,16). The average Bonchev–Trinajstić information content (AvgIpc) is 2.39. The van der Waals surface area contributed by atoms with Crippen LogP contribution in [-0.4, -0.2) is 18.6 Å². The highest BCUT2D eigenvalue weighted by Gasteiger charge is 2.14. The molecular weight excluding hydrogens is 264 g/mol. The molecule has 0 aliphatic heterocycles. The number of nitrogens with two attached hydrogens (primary N) is 1. The van der Waals surface area contributed by atoms with Crippen molar-refractivity contribution in [3.05, 3.63) is 53.7 Å². The molecule has 100 valence electrons. The van der Waals surface area contributed by atoms with Crippen LogP contribution in [0.4, 0.5) is 5.82 Å². The van der Waals surface area contributed by atoms with E-state index in [2.05, 4.69) is 14.9 Å². The molecule has 0 saturated carbocycles. The molecule has 6 nitrogen and oxygen atoms in total. The SMILES string of the molecule is NCc1ccccc1CS(=O)(=O)Nc1cccnn1. The first-order valence-corrected chi connectivity index (χ1v) is 7.31. The van der Waals surface area contributed by atoms with Crippen LogP contribution in [0.1, 0.15) is 11.1 Å². The third-order valence-electron chi connectivity index (χ3n) is 2.52. The Hall–Kier alpha value is -1.99. The van der Waals surface area contributed by atoms with Crippen LogP contribution in [0.5, 0.6) is 0 Å². The van der Waals surface area contributed by atoms with E-state index in [0.717, 1.165) is 5.56 Å².